The van der Waals surface area contributed by atoms with Crippen LogP contribution in [0, 0.1) is 0 Å². The number of aromatic nitrogens is 2. The number of nitrogens with zero attached hydrogens (tertiary/aromatic N) is 2. The maximum absolute atomic E-state index is 6.05. The molecule has 1 atom stereocenters. The first-order chi connectivity index (χ1) is 7.66. The number of benzene rings is 1. The Hall–Kier alpha value is -1.61. The summed E-state index contributed by atoms with van der Waals surface area (Å²) in [5.74, 6) is 0. The molecule has 0 aliphatic rings. The van der Waals surface area contributed by atoms with Gasteiger partial charge in [0.05, 0.1) is 17.4 Å². The normalized spacial score (nSPS) is 12.9. The van der Waals surface area contributed by atoms with Gasteiger partial charge in [-0.1, -0.05) is 17.7 Å². The second kappa shape index (κ2) is 4.49. The Morgan fingerprint density at radius 2 is 2.25 bits per heavy atom. The third-order valence-electron chi connectivity index (χ3n) is 2.57. The van der Waals surface area contributed by atoms with Crippen molar-refractivity contribution in [1.29, 1.82) is 0 Å². The number of fused-ring (bicyclic) bond motifs is 1. The zero-order chi connectivity index (χ0) is 11.5. The van der Waals surface area contributed by atoms with E-state index in [2.05, 4.69) is 22.2 Å². The molecular formula is C13H17N3. The van der Waals surface area contributed by atoms with E-state index in [1.165, 1.54) is 0 Å². The molecule has 0 spiro atoms. The molecule has 0 saturated heterocycles. The molecule has 0 aliphatic heterocycles. The maximum Gasteiger partial charge on any atom is 0.0958 e. The lowest BCUT2D eigenvalue weighted by molar-refractivity contribution is 0.558. The Kier molecular flexibility index (Phi) is 3.06. The summed E-state index contributed by atoms with van der Waals surface area (Å²) in [6.07, 6.45) is 2.70. The Bertz CT molecular complexity index is 499. The van der Waals surface area contributed by atoms with Crippen LogP contribution in [-0.2, 0) is 6.54 Å². The summed E-state index contributed by atoms with van der Waals surface area (Å²) in [4.78, 5) is 4.34. The molecule has 0 radical (unpaired) electrons. The molecule has 1 aromatic heterocycles. The molecule has 0 aliphatic carbocycles. The average molecular weight is 215 g/mol. The fourth-order valence-corrected chi connectivity index (χ4v) is 1.92. The number of nitrogens with two attached hydrogens (primary N) is 1. The Balaban J connectivity index is 2.18. The second-order valence-corrected chi connectivity index (χ2v) is 4.31. The summed E-state index contributed by atoms with van der Waals surface area (Å²) >= 11 is 0. The van der Waals surface area contributed by atoms with Crippen LogP contribution in [0.5, 0.6) is 0 Å². The Morgan fingerprint density at radius 3 is 3.00 bits per heavy atom. The van der Waals surface area contributed by atoms with Crippen LogP contribution in [0.4, 0.5) is 0 Å². The van der Waals surface area contributed by atoms with Crippen LogP contribution in [-0.4, -0.2) is 15.6 Å². The summed E-state index contributed by atoms with van der Waals surface area (Å²) < 4.78 is 2.10. The number of hydrogen-bond acceptors (Lipinski definition) is 2. The molecule has 2 rings (SSSR count). The van der Waals surface area contributed by atoms with Crippen molar-refractivity contribution in [2.24, 2.45) is 5.73 Å². The van der Waals surface area contributed by atoms with Crippen LogP contribution in [0.2, 0.25) is 0 Å². The quantitative estimate of drug-likeness (QED) is 0.795. The molecular weight excluding hydrogens is 198 g/mol. The van der Waals surface area contributed by atoms with Crippen LogP contribution in [0.25, 0.3) is 11.0 Å². The number of rotatable bonds is 4. The van der Waals surface area contributed by atoms with E-state index in [-0.39, 0.29) is 6.04 Å². The van der Waals surface area contributed by atoms with Gasteiger partial charge in [0.1, 0.15) is 0 Å². The predicted molar refractivity (Wildman–Crippen MR) is 67.1 cm³/mol. The zero-order valence-corrected chi connectivity index (χ0v) is 9.56. The first-order valence-corrected chi connectivity index (χ1v) is 5.46. The lowest BCUT2D eigenvalue weighted by atomic mass is 10.1. The van der Waals surface area contributed by atoms with E-state index in [1.54, 1.807) is 0 Å². The van der Waals surface area contributed by atoms with Crippen LogP contribution < -0.4 is 5.73 Å². The maximum atomic E-state index is 6.05. The van der Waals surface area contributed by atoms with Gasteiger partial charge in [-0.05, 0) is 25.5 Å². The Labute approximate surface area is 95.6 Å². The van der Waals surface area contributed by atoms with E-state index in [4.69, 9.17) is 5.73 Å². The summed E-state index contributed by atoms with van der Waals surface area (Å²) in [5.41, 5.74) is 9.33. The molecule has 0 bridgehead atoms. The highest BCUT2D eigenvalue weighted by Gasteiger charge is 2.06. The standard InChI is InChI=1S/C13H17N3/c1-10(2)7-11(14)8-16-9-15-12-5-3-4-6-13(12)16/h3-6,9,11H,1,7-8,14H2,2H3. The molecule has 2 aromatic rings. The minimum absolute atomic E-state index is 0.107. The molecule has 3 heteroatoms. The van der Waals surface area contributed by atoms with Gasteiger partial charge in [-0.3, -0.25) is 0 Å². The van der Waals surface area contributed by atoms with Gasteiger partial charge in [0.25, 0.3) is 0 Å². The monoisotopic (exact) mass is 215 g/mol. The third-order valence-corrected chi connectivity index (χ3v) is 2.57. The van der Waals surface area contributed by atoms with Crippen LogP contribution in [0.15, 0.2) is 42.7 Å². The van der Waals surface area contributed by atoms with E-state index >= 15 is 0 Å². The molecule has 16 heavy (non-hydrogen) atoms. The van der Waals surface area contributed by atoms with Gasteiger partial charge in [0.2, 0.25) is 0 Å². The van der Waals surface area contributed by atoms with Crippen molar-refractivity contribution in [3.63, 3.8) is 0 Å². The zero-order valence-electron chi connectivity index (χ0n) is 9.56. The molecule has 84 valence electrons. The molecule has 1 heterocycles. The number of para-hydroxylation sites is 2. The topological polar surface area (TPSA) is 43.8 Å². The molecule has 1 unspecified atom stereocenters. The summed E-state index contributed by atoms with van der Waals surface area (Å²) in [6.45, 7) is 6.67. The van der Waals surface area contributed by atoms with Gasteiger partial charge >= 0.3 is 0 Å². The van der Waals surface area contributed by atoms with Gasteiger partial charge in [-0.2, -0.15) is 0 Å². The van der Waals surface area contributed by atoms with E-state index in [1.807, 2.05) is 31.5 Å². The molecule has 0 saturated carbocycles. The van der Waals surface area contributed by atoms with Crippen LogP contribution in [0.1, 0.15) is 13.3 Å². The van der Waals surface area contributed by atoms with Gasteiger partial charge in [-0.25, -0.2) is 4.98 Å². The minimum atomic E-state index is 0.107. The lowest BCUT2D eigenvalue weighted by Gasteiger charge is -2.12. The molecule has 0 fully saturated rings. The van der Waals surface area contributed by atoms with Gasteiger partial charge in [0.15, 0.2) is 0 Å². The third kappa shape index (κ3) is 2.31. The molecule has 1 aromatic carbocycles. The van der Waals surface area contributed by atoms with Crippen molar-refractivity contribution in [3.05, 3.63) is 42.7 Å². The van der Waals surface area contributed by atoms with Gasteiger partial charge in [-0.15, -0.1) is 6.58 Å². The van der Waals surface area contributed by atoms with Gasteiger partial charge in [0, 0.05) is 12.6 Å². The summed E-state index contributed by atoms with van der Waals surface area (Å²) in [7, 11) is 0. The Morgan fingerprint density at radius 1 is 1.50 bits per heavy atom. The largest absolute Gasteiger partial charge is 0.329 e. The second-order valence-electron chi connectivity index (χ2n) is 4.31. The fourth-order valence-electron chi connectivity index (χ4n) is 1.92. The highest BCUT2D eigenvalue weighted by molar-refractivity contribution is 5.74. The van der Waals surface area contributed by atoms with Crippen molar-refractivity contribution in [3.8, 4) is 0 Å². The van der Waals surface area contributed by atoms with Crippen molar-refractivity contribution in [1.82, 2.24) is 9.55 Å². The van der Waals surface area contributed by atoms with E-state index in [0.29, 0.717) is 0 Å². The van der Waals surface area contributed by atoms with E-state index < -0.39 is 0 Å². The minimum Gasteiger partial charge on any atom is -0.329 e. The summed E-state index contributed by atoms with van der Waals surface area (Å²) in [5, 5.41) is 0. The number of imidazole rings is 1. The number of hydrogen-bond donors (Lipinski definition) is 1. The molecule has 0 amide bonds. The first-order valence-electron chi connectivity index (χ1n) is 5.46. The lowest BCUT2D eigenvalue weighted by Crippen LogP contribution is -2.25. The van der Waals surface area contributed by atoms with Crippen molar-refractivity contribution >= 4 is 11.0 Å². The smallest absolute Gasteiger partial charge is 0.0958 e. The molecule has 2 N–H and O–H groups in total. The first kappa shape index (κ1) is 10.9. The fraction of sp³-hybridized carbons (Fsp3) is 0.308. The summed E-state index contributed by atoms with van der Waals surface area (Å²) in [6, 6.07) is 8.19. The van der Waals surface area contributed by atoms with Crippen molar-refractivity contribution in [2.75, 3.05) is 0 Å². The highest BCUT2D eigenvalue weighted by Crippen LogP contribution is 2.13. The SMILES string of the molecule is C=C(C)CC(N)Cn1cnc2ccccc21. The van der Waals surface area contributed by atoms with E-state index in [0.717, 1.165) is 29.6 Å². The van der Waals surface area contributed by atoms with Crippen LogP contribution in [0.3, 0.4) is 0 Å². The van der Waals surface area contributed by atoms with Gasteiger partial charge < -0.3 is 10.3 Å². The van der Waals surface area contributed by atoms with Crippen molar-refractivity contribution in [2.45, 2.75) is 25.9 Å². The van der Waals surface area contributed by atoms with Crippen molar-refractivity contribution < 1.29 is 0 Å². The average Bonchev–Trinajstić information content (AvgIpc) is 2.61. The van der Waals surface area contributed by atoms with E-state index in [9.17, 15) is 0 Å². The van der Waals surface area contributed by atoms with Crippen LogP contribution >= 0.6 is 0 Å². The molecule has 3 nitrogen and oxygen atoms in total. The predicted octanol–water partition coefficient (Wildman–Crippen LogP) is 2.33. The highest BCUT2D eigenvalue weighted by atomic mass is 15.1.